The zero-order valence-corrected chi connectivity index (χ0v) is 16.4. The maximum absolute atomic E-state index is 13.2. The van der Waals surface area contributed by atoms with Gasteiger partial charge in [-0.3, -0.25) is 14.2 Å². The number of aromatic nitrogens is 1. The minimum absolute atomic E-state index is 0.109. The highest BCUT2D eigenvalue weighted by molar-refractivity contribution is 6.09. The van der Waals surface area contributed by atoms with E-state index in [1.807, 2.05) is 0 Å². The number of ether oxygens (including phenoxy) is 1. The van der Waals surface area contributed by atoms with Crippen molar-refractivity contribution in [2.75, 3.05) is 38.2 Å². The molecular weight excluding hydrogens is 373 g/mol. The number of nitrogens with zero attached hydrogens (tertiary/aromatic N) is 3. The molecule has 7 heteroatoms. The number of halogens is 1. The van der Waals surface area contributed by atoms with E-state index in [2.05, 4.69) is 4.90 Å². The zero-order chi connectivity index (χ0) is 20.5. The van der Waals surface area contributed by atoms with Gasteiger partial charge < -0.3 is 14.5 Å². The maximum Gasteiger partial charge on any atom is 0.256 e. The third-order valence-corrected chi connectivity index (χ3v) is 5.34. The number of methoxy groups -OCH3 is 1. The van der Waals surface area contributed by atoms with E-state index in [-0.39, 0.29) is 17.6 Å². The Bertz CT molecular complexity index is 1070. The standard InChI is InChI=1S/C22H22FN3O3/c1-15(27)26-14-20(19-13-18(29-2)7-8-21(19)26)22(28)25-11-9-24(10-12-25)17-5-3-16(23)4-6-17/h3-8,13-14H,9-12H2,1-2H3. The fourth-order valence-electron chi connectivity index (χ4n) is 3.76. The lowest BCUT2D eigenvalue weighted by atomic mass is 10.1. The summed E-state index contributed by atoms with van der Waals surface area (Å²) < 4.78 is 19.9. The molecule has 4 rings (SSSR count). The fraction of sp³-hybridized carbons (Fsp3) is 0.273. The second kappa shape index (κ2) is 7.58. The van der Waals surface area contributed by atoms with Gasteiger partial charge in [0.15, 0.2) is 0 Å². The van der Waals surface area contributed by atoms with Crippen LogP contribution in [0.4, 0.5) is 10.1 Å². The third kappa shape index (κ3) is 3.55. The van der Waals surface area contributed by atoms with Gasteiger partial charge in [-0.2, -0.15) is 0 Å². The molecule has 2 heterocycles. The smallest absolute Gasteiger partial charge is 0.256 e. The average molecular weight is 395 g/mol. The molecule has 1 aliphatic heterocycles. The Morgan fingerprint density at radius 2 is 1.69 bits per heavy atom. The van der Waals surface area contributed by atoms with E-state index in [0.29, 0.717) is 48.4 Å². The molecule has 1 fully saturated rings. The van der Waals surface area contributed by atoms with Gasteiger partial charge >= 0.3 is 0 Å². The van der Waals surface area contributed by atoms with Crippen molar-refractivity contribution in [3.05, 3.63) is 60.0 Å². The summed E-state index contributed by atoms with van der Waals surface area (Å²) in [6, 6.07) is 11.7. The topological polar surface area (TPSA) is 54.8 Å². The van der Waals surface area contributed by atoms with E-state index in [1.165, 1.54) is 23.6 Å². The summed E-state index contributed by atoms with van der Waals surface area (Å²) in [6.45, 7) is 3.89. The van der Waals surface area contributed by atoms with Gasteiger partial charge in [-0.1, -0.05) is 0 Å². The molecule has 1 aliphatic rings. The Labute approximate surface area is 168 Å². The molecule has 0 aliphatic carbocycles. The maximum atomic E-state index is 13.2. The lowest BCUT2D eigenvalue weighted by molar-refractivity contribution is 0.0748. The highest BCUT2D eigenvalue weighted by Crippen LogP contribution is 2.28. The van der Waals surface area contributed by atoms with Crippen molar-refractivity contribution in [3.8, 4) is 5.75 Å². The van der Waals surface area contributed by atoms with Gasteiger partial charge in [0.2, 0.25) is 5.91 Å². The third-order valence-electron chi connectivity index (χ3n) is 5.34. The van der Waals surface area contributed by atoms with Crippen molar-refractivity contribution in [2.24, 2.45) is 0 Å². The molecule has 0 radical (unpaired) electrons. The van der Waals surface area contributed by atoms with Crippen molar-refractivity contribution >= 4 is 28.4 Å². The Balaban J connectivity index is 1.58. The van der Waals surface area contributed by atoms with Crippen LogP contribution in [0.5, 0.6) is 5.75 Å². The van der Waals surface area contributed by atoms with Crippen LogP contribution in [0, 0.1) is 5.82 Å². The molecule has 1 saturated heterocycles. The zero-order valence-electron chi connectivity index (χ0n) is 16.4. The summed E-state index contributed by atoms with van der Waals surface area (Å²) in [5, 5.41) is 0.700. The molecule has 1 amide bonds. The summed E-state index contributed by atoms with van der Waals surface area (Å²) >= 11 is 0. The van der Waals surface area contributed by atoms with Gasteiger partial charge in [0.05, 0.1) is 18.2 Å². The largest absolute Gasteiger partial charge is 0.497 e. The van der Waals surface area contributed by atoms with E-state index in [9.17, 15) is 14.0 Å². The molecule has 0 unspecified atom stereocenters. The fourth-order valence-corrected chi connectivity index (χ4v) is 3.76. The number of rotatable bonds is 3. The molecule has 0 spiro atoms. The van der Waals surface area contributed by atoms with Crippen LogP contribution in [0.25, 0.3) is 10.9 Å². The van der Waals surface area contributed by atoms with Gasteiger partial charge in [-0.25, -0.2) is 4.39 Å². The van der Waals surface area contributed by atoms with Crippen molar-refractivity contribution in [3.63, 3.8) is 0 Å². The van der Waals surface area contributed by atoms with Crippen molar-refractivity contribution in [2.45, 2.75) is 6.92 Å². The summed E-state index contributed by atoms with van der Waals surface area (Å²) in [4.78, 5) is 29.2. The van der Waals surface area contributed by atoms with E-state index < -0.39 is 0 Å². The van der Waals surface area contributed by atoms with Crippen LogP contribution in [0.3, 0.4) is 0 Å². The van der Waals surface area contributed by atoms with Gasteiger partial charge in [-0.15, -0.1) is 0 Å². The van der Waals surface area contributed by atoms with Crippen molar-refractivity contribution in [1.29, 1.82) is 0 Å². The molecule has 0 N–H and O–H groups in total. The first-order valence-electron chi connectivity index (χ1n) is 9.48. The van der Waals surface area contributed by atoms with E-state index >= 15 is 0 Å². The van der Waals surface area contributed by atoms with Crippen LogP contribution < -0.4 is 9.64 Å². The van der Waals surface area contributed by atoms with Crippen LogP contribution in [0.2, 0.25) is 0 Å². The minimum atomic E-state index is -0.264. The Hall–Kier alpha value is -3.35. The van der Waals surface area contributed by atoms with Gasteiger partial charge in [0, 0.05) is 50.4 Å². The molecule has 0 saturated carbocycles. The number of carbonyl (C=O) groups excluding carboxylic acids is 2. The van der Waals surface area contributed by atoms with Gasteiger partial charge in [0.25, 0.3) is 5.91 Å². The summed E-state index contributed by atoms with van der Waals surface area (Å²) in [5.41, 5.74) is 2.12. The molecule has 3 aromatic rings. The molecule has 2 aromatic carbocycles. The second-order valence-corrected chi connectivity index (χ2v) is 7.07. The van der Waals surface area contributed by atoms with Crippen LogP contribution in [-0.2, 0) is 0 Å². The number of carbonyl (C=O) groups is 2. The molecule has 0 bridgehead atoms. The number of anilines is 1. The van der Waals surface area contributed by atoms with Gasteiger partial charge in [0.1, 0.15) is 11.6 Å². The highest BCUT2D eigenvalue weighted by Gasteiger charge is 2.26. The van der Waals surface area contributed by atoms with E-state index in [1.54, 1.807) is 48.5 Å². The average Bonchev–Trinajstić information content (AvgIpc) is 3.13. The summed E-state index contributed by atoms with van der Waals surface area (Å²) in [6.07, 6.45) is 1.61. The number of piperazine rings is 1. The molecule has 6 nitrogen and oxygen atoms in total. The number of hydrogen-bond acceptors (Lipinski definition) is 4. The highest BCUT2D eigenvalue weighted by atomic mass is 19.1. The minimum Gasteiger partial charge on any atom is -0.497 e. The number of hydrogen-bond donors (Lipinski definition) is 0. The van der Waals surface area contributed by atoms with E-state index in [0.717, 1.165) is 5.69 Å². The number of benzene rings is 2. The SMILES string of the molecule is COc1ccc2c(c1)c(C(=O)N1CCN(c3ccc(F)cc3)CC1)cn2C(C)=O. The Morgan fingerprint density at radius 3 is 2.31 bits per heavy atom. The summed E-state index contributed by atoms with van der Waals surface area (Å²) in [5.74, 6) is 0.108. The number of fused-ring (bicyclic) bond motifs is 1. The monoisotopic (exact) mass is 395 g/mol. The first kappa shape index (κ1) is 19.0. The van der Waals surface area contributed by atoms with Crippen molar-refractivity contribution in [1.82, 2.24) is 9.47 Å². The van der Waals surface area contributed by atoms with Crippen molar-refractivity contribution < 1.29 is 18.7 Å². The molecule has 1 aromatic heterocycles. The molecule has 150 valence electrons. The quantitative estimate of drug-likeness (QED) is 0.682. The predicted molar refractivity (Wildman–Crippen MR) is 109 cm³/mol. The number of amides is 1. The molecular formula is C22H22FN3O3. The van der Waals surface area contributed by atoms with Crippen LogP contribution in [-0.4, -0.2) is 54.6 Å². The van der Waals surface area contributed by atoms with Crippen LogP contribution in [0.1, 0.15) is 22.1 Å². The first-order chi connectivity index (χ1) is 14.0. The lowest BCUT2D eigenvalue weighted by Gasteiger charge is -2.36. The Kier molecular flexibility index (Phi) is 4.96. The normalized spacial score (nSPS) is 14.3. The lowest BCUT2D eigenvalue weighted by Crippen LogP contribution is -2.48. The second-order valence-electron chi connectivity index (χ2n) is 7.07. The van der Waals surface area contributed by atoms with E-state index in [4.69, 9.17) is 4.74 Å². The predicted octanol–water partition coefficient (Wildman–Crippen LogP) is 3.41. The molecule has 0 atom stereocenters. The van der Waals surface area contributed by atoms with Crippen LogP contribution in [0.15, 0.2) is 48.7 Å². The van der Waals surface area contributed by atoms with Crippen LogP contribution >= 0.6 is 0 Å². The summed E-state index contributed by atoms with van der Waals surface area (Å²) in [7, 11) is 1.57. The first-order valence-corrected chi connectivity index (χ1v) is 9.48. The van der Waals surface area contributed by atoms with Gasteiger partial charge in [-0.05, 0) is 42.5 Å². The Morgan fingerprint density at radius 1 is 1.00 bits per heavy atom. The molecule has 29 heavy (non-hydrogen) atoms.